The molecule has 32 heavy (non-hydrogen) atoms. The lowest BCUT2D eigenvalue weighted by Gasteiger charge is -2.08. The number of nitrogens with zero attached hydrogens (tertiary/aromatic N) is 5. The number of fused-ring (bicyclic) bond motifs is 1. The predicted octanol–water partition coefficient (Wildman–Crippen LogP) is 1.67. The Labute approximate surface area is 179 Å². The van der Waals surface area contributed by atoms with E-state index in [0.29, 0.717) is 22.8 Å². The van der Waals surface area contributed by atoms with Crippen molar-refractivity contribution in [3.05, 3.63) is 71.0 Å². The molecule has 4 N–H and O–H groups in total. The molecule has 0 spiro atoms. The molecule has 0 fully saturated rings. The maximum Gasteiger partial charge on any atom is 0.332 e. The average Bonchev–Trinajstić information content (AvgIpc) is 3.46. The van der Waals surface area contributed by atoms with Gasteiger partial charge in [0, 0.05) is 17.2 Å². The summed E-state index contributed by atoms with van der Waals surface area (Å²) >= 11 is 0. The standard InChI is InChI=1S/C21H16N8O3/c1-32-14-4-2-3-13(9-14)29-20-16(26-21(29)31)15(17(22)30)25-19(27-20)12-7-5-11(6-8-12)18-23-10-24-28-18/h2-10H,1H3,(H2,22,30)(H,26,31)(H,23,24,28). The van der Waals surface area contributed by atoms with Gasteiger partial charge in [-0.3, -0.25) is 9.89 Å². The van der Waals surface area contributed by atoms with Gasteiger partial charge in [0.05, 0.1) is 12.8 Å². The molecule has 0 saturated carbocycles. The van der Waals surface area contributed by atoms with Gasteiger partial charge in [-0.25, -0.2) is 24.3 Å². The van der Waals surface area contributed by atoms with Crippen LogP contribution in [-0.2, 0) is 0 Å². The fourth-order valence-corrected chi connectivity index (χ4v) is 3.40. The van der Waals surface area contributed by atoms with Crippen LogP contribution >= 0.6 is 0 Å². The molecule has 0 aliphatic carbocycles. The Morgan fingerprint density at radius 2 is 1.81 bits per heavy atom. The summed E-state index contributed by atoms with van der Waals surface area (Å²) in [7, 11) is 1.53. The first-order valence-electron chi connectivity index (χ1n) is 9.48. The summed E-state index contributed by atoms with van der Waals surface area (Å²) in [4.78, 5) is 40.5. The molecule has 5 rings (SSSR count). The monoisotopic (exact) mass is 428 g/mol. The van der Waals surface area contributed by atoms with Crippen LogP contribution in [0.1, 0.15) is 10.5 Å². The highest BCUT2D eigenvalue weighted by Crippen LogP contribution is 2.25. The minimum Gasteiger partial charge on any atom is -0.497 e. The SMILES string of the molecule is COc1cccc(-n2c(=O)[nH]c3c(C(N)=O)nc(-c4ccc(-c5nc[nH]n5)cc4)nc32)c1. The fraction of sp³-hybridized carbons (Fsp3) is 0.0476. The van der Waals surface area contributed by atoms with Crippen LogP contribution < -0.4 is 16.2 Å². The number of H-pyrrole nitrogens is 2. The van der Waals surface area contributed by atoms with E-state index in [1.165, 1.54) is 18.0 Å². The van der Waals surface area contributed by atoms with E-state index >= 15 is 0 Å². The topological polar surface area (TPSA) is 157 Å². The van der Waals surface area contributed by atoms with Gasteiger partial charge in [0.15, 0.2) is 23.0 Å². The number of nitrogens with one attached hydrogen (secondary N) is 2. The summed E-state index contributed by atoms with van der Waals surface area (Å²) in [5.41, 5.74) is 7.31. The van der Waals surface area contributed by atoms with E-state index in [2.05, 4.69) is 30.1 Å². The van der Waals surface area contributed by atoms with Crippen LogP contribution in [0.5, 0.6) is 5.75 Å². The van der Waals surface area contributed by atoms with Crippen molar-refractivity contribution in [1.82, 2.24) is 34.7 Å². The first-order valence-corrected chi connectivity index (χ1v) is 9.48. The van der Waals surface area contributed by atoms with E-state index < -0.39 is 11.6 Å². The van der Waals surface area contributed by atoms with E-state index in [4.69, 9.17) is 10.5 Å². The van der Waals surface area contributed by atoms with Crippen LogP contribution in [-0.4, -0.2) is 47.7 Å². The Kier molecular flexibility index (Phi) is 4.48. The quantitative estimate of drug-likeness (QED) is 0.384. The van der Waals surface area contributed by atoms with Crippen LogP contribution in [0.3, 0.4) is 0 Å². The number of carbonyl (C=O) groups is 1. The molecule has 0 bridgehead atoms. The molecule has 11 heteroatoms. The number of aromatic amines is 2. The molecule has 11 nitrogen and oxygen atoms in total. The number of imidazole rings is 1. The molecule has 158 valence electrons. The molecule has 5 aromatic rings. The second-order valence-electron chi connectivity index (χ2n) is 6.83. The van der Waals surface area contributed by atoms with Gasteiger partial charge >= 0.3 is 5.69 Å². The summed E-state index contributed by atoms with van der Waals surface area (Å²) in [6, 6.07) is 14.1. The number of ether oxygens (including phenoxy) is 1. The van der Waals surface area contributed by atoms with Crippen LogP contribution in [0.2, 0.25) is 0 Å². The van der Waals surface area contributed by atoms with Gasteiger partial charge in [-0.15, -0.1) is 0 Å². The molecule has 3 aromatic heterocycles. The second-order valence-corrected chi connectivity index (χ2v) is 6.83. The van der Waals surface area contributed by atoms with Crippen molar-refractivity contribution < 1.29 is 9.53 Å². The first kappa shape index (κ1) is 19.2. The van der Waals surface area contributed by atoms with Crippen molar-refractivity contribution in [2.45, 2.75) is 0 Å². The largest absolute Gasteiger partial charge is 0.497 e. The van der Waals surface area contributed by atoms with Gasteiger partial charge in [-0.2, -0.15) is 5.10 Å². The third-order valence-corrected chi connectivity index (χ3v) is 4.90. The Morgan fingerprint density at radius 3 is 2.47 bits per heavy atom. The highest BCUT2D eigenvalue weighted by atomic mass is 16.5. The van der Waals surface area contributed by atoms with E-state index in [1.54, 1.807) is 36.4 Å². The van der Waals surface area contributed by atoms with Crippen molar-refractivity contribution >= 4 is 17.1 Å². The summed E-state index contributed by atoms with van der Waals surface area (Å²) in [5, 5.41) is 6.71. The van der Waals surface area contributed by atoms with Crippen molar-refractivity contribution in [2.75, 3.05) is 7.11 Å². The molecule has 0 aliphatic heterocycles. The minimum atomic E-state index is -0.782. The lowest BCUT2D eigenvalue weighted by molar-refractivity contribution is 0.0997. The van der Waals surface area contributed by atoms with Crippen LogP contribution in [0.25, 0.3) is 39.6 Å². The van der Waals surface area contributed by atoms with Crippen molar-refractivity contribution in [2.24, 2.45) is 5.73 Å². The number of benzene rings is 2. The predicted molar refractivity (Wildman–Crippen MR) is 115 cm³/mol. The van der Waals surface area contributed by atoms with Crippen molar-refractivity contribution in [3.8, 4) is 34.2 Å². The molecule has 0 atom stereocenters. The Bertz CT molecular complexity index is 1500. The normalized spacial score (nSPS) is 11.0. The molecular formula is C21H16N8O3. The molecule has 0 saturated heterocycles. The lowest BCUT2D eigenvalue weighted by atomic mass is 10.1. The van der Waals surface area contributed by atoms with Crippen LogP contribution in [0.15, 0.2) is 59.7 Å². The molecule has 2 aromatic carbocycles. The smallest absolute Gasteiger partial charge is 0.332 e. The fourth-order valence-electron chi connectivity index (χ4n) is 3.40. The second kappa shape index (κ2) is 7.47. The number of hydrogen-bond acceptors (Lipinski definition) is 7. The zero-order chi connectivity index (χ0) is 22.2. The number of aromatic nitrogens is 7. The highest BCUT2D eigenvalue weighted by Gasteiger charge is 2.20. The van der Waals surface area contributed by atoms with E-state index in [1.807, 2.05) is 12.1 Å². The number of methoxy groups -OCH3 is 1. The van der Waals surface area contributed by atoms with Crippen molar-refractivity contribution in [3.63, 3.8) is 0 Å². The van der Waals surface area contributed by atoms with Crippen LogP contribution in [0.4, 0.5) is 0 Å². The summed E-state index contributed by atoms with van der Waals surface area (Å²) < 4.78 is 6.60. The molecule has 0 aliphatic rings. The van der Waals surface area contributed by atoms with Gasteiger partial charge < -0.3 is 15.5 Å². The number of amides is 1. The number of rotatable bonds is 5. The number of carbonyl (C=O) groups excluding carboxylic acids is 1. The maximum atomic E-state index is 12.8. The summed E-state index contributed by atoms with van der Waals surface area (Å²) in [5.74, 6) is 0.567. The molecule has 0 unspecified atom stereocenters. The third-order valence-electron chi connectivity index (χ3n) is 4.90. The van der Waals surface area contributed by atoms with Crippen LogP contribution in [0, 0.1) is 0 Å². The number of hydrogen-bond donors (Lipinski definition) is 3. The number of primary amides is 1. The van der Waals surface area contributed by atoms with Gasteiger partial charge in [-0.1, -0.05) is 30.3 Å². The summed E-state index contributed by atoms with van der Waals surface area (Å²) in [6.45, 7) is 0. The maximum absolute atomic E-state index is 12.8. The van der Waals surface area contributed by atoms with E-state index in [0.717, 1.165) is 5.56 Å². The lowest BCUT2D eigenvalue weighted by Crippen LogP contribution is -2.15. The van der Waals surface area contributed by atoms with E-state index in [-0.39, 0.29) is 22.7 Å². The third kappa shape index (κ3) is 3.17. The highest BCUT2D eigenvalue weighted by molar-refractivity contribution is 6.02. The Morgan fingerprint density at radius 1 is 1.06 bits per heavy atom. The number of nitrogens with two attached hydrogens (primary N) is 1. The van der Waals surface area contributed by atoms with E-state index in [9.17, 15) is 9.59 Å². The van der Waals surface area contributed by atoms with Gasteiger partial charge in [0.2, 0.25) is 0 Å². The van der Waals surface area contributed by atoms with Gasteiger partial charge in [0.25, 0.3) is 5.91 Å². The Balaban J connectivity index is 1.71. The van der Waals surface area contributed by atoms with Crippen molar-refractivity contribution in [1.29, 1.82) is 0 Å². The first-order chi connectivity index (χ1) is 15.5. The average molecular weight is 428 g/mol. The molecule has 0 radical (unpaired) electrons. The molecular weight excluding hydrogens is 412 g/mol. The van der Waals surface area contributed by atoms with Gasteiger partial charge in [0.1, 0.15) is 17.6 Å². The molecule has 3 heterocycles. The van der Waals surface area contributed by atoms with Gasteiger partial charge in [-0.05, 0) is 12.1 Å². The zero-order valence-corrected chi connectivity index (χ0v) is 16.7. The Hall–Kier alpha value is -4.80. The summed E-state index contributed by atoms with van der Waals surface area (Å²) in [6.07, 6.45) is 1.49. The minimum absolute atomic E-state index is 0.0817. The molecule has 1 amide bonds. The zero-order valence-electron chi connectivity index (χ0n) is 16.7.